The van der Waals surface area contributed by atoms with Gasteiger partial charge in [0.1, 0.15) is 0 Å². The maximum absolute atomic E-state index is 5.10. The number of rotatable bonds is 5. The molecule has 0 heterocycles. The Bertz CT molecular complexity index is 33.5. The second kappa shape index (κ2) is 7.49. The van der Waals surface area contributed by atoms with Crippen LogP contribution in [0.15, 0.2) is 0 Å². The molecule has 0 N–H and O–H groups in total. The maximum atomic E-state index is 5.10. The summed E-state index contributed by atoms with van der Waals surface area (Å²) in [5.41, 5.74) is 0.781. The third-order valence-electron chi connectivity index (χ3n) is 1.01. The second-order valence-corrected chi connectivity index (χ2v) is 2.12. The lowest BCUT2D eigenvalue weighted by molar-refractivity contribution is 0.173. The number of hydrogen-bond acceptors (Lipinski definition) is 1. The summed E-state index contributed by atoms with van der Waals surface area (Å²) in [6.07, 6.45) is 3.79. The largest absolute Gasteiger partial charge is 0.399 e. The van der Waals surface area contributed by atoms with E-state index in [9.17, 15) is 0 Å². The molecule has 0 aromatic carbocycles. The highest BCUT2D eigenvalue weighted by molar-refractivity contribution is 6.08. The Labute approximate surface area is 59.8 Å². The molecule has 0 saturated carbocycles. The Morgan fingerprint density at radius 2 is 2.12 bits per heavy atom. The van der Waals surface area contributed by atoms with Gasteiger partial charge in [-0.25, -0.2) is 0 Å². The highest BCUT2D eigenvalue weighted by atomic mass is 27.0. The summed E-state index contributed by atoms with van der Waals surface area (Å²) in [7, 11) is 0. The first-order chi connectivity index (χ1) is 3.91. The van der Waals surface area contributed by atoms with Crippen molar-refractivity contribution in [1.82, 2.24) is 0 Å². The van der Waals surface area contributed by atoms with Crippen molar-refractivity contribution in [1.29, 1.82) is 0 Å². The van der Waals surface area contributed by atoms with Gasteiger partial charge >= 0.3 is 0 Å². The molecule has 0 aliphatic rings. The van der Waals surface area contributed by atoms with E-state index in [2.05, 4.69) is 23.2 Å². The van der Waals surface area contributed by atoms with Crippen molar-refractivity contribution < 1.29 is 4.74 Å². The van der Waals surface area contributed by atoms with Gasteiger partial charge in [0.15, 0.2) is 16.3 Å². The van der Waals surface area contributed by atoms with Crippen LogP contribution in [0.5, 0.6) is 0 Å². The van der Waals surface area contributed by atoms with Crippen molar-refractivity contribution in [2.45, 2.75) is 26.2 Å². The Balaban J connectivity index is 2.53. The minimum Gasteiger partial charge on any atom is -0.399 e. The zero-order chi connectivity index (χ0) is 6.24. The lowest BCUT2D eigenvalue weighted by Gasteiger charge is -1.97. The van der Waals surface area contributed by atoms with Crippen molar-refractivity contribution in [2.75, 3.05) is 12.1 Å². The quantitative estimate of drug-likeness (QED) is 0.401. The summed E-state index contributed by atoms with van der Waals surface area (Å²) >= 11 is 2.54. The highest BCUT2D eigenvalue weighted by Gasteiger charge is 1.82. The molecule has 0 spiro atoms. The molecule has 46 valence electrons. The molecule has 0 aliphatic carbocycles. The van der Waals surface area contributed by atoms with Gasteiger partial charge in [0.05, 0.1) is 0 Å². The van der Waals surface area contributed by atoms with Gasteiger partial charge in [-0.2, -0.15) is 0 Å². The summed E-state index contributed by atoms with van der Waals surface area (Å²) < 4.78 is 5.10. The molecular formula is C6H13AlO. The van der Waals surface area contributed by atoms with Crippen molar-refractivity contribution in [3.05, 3.63) is 0 Å². The number of ether oxygens (including phenoxy) is 1. The van der Waals surface area contributed by atoms with Gasteiger partial charge in [0.2, 0.25) is 0 Å². The lowest BCUT2D eigenvalue weighted by Crippen LogP contribution is -1.94. The van der Waals surface area contributed by atoms with Crippen molar-refractivity contribution in [2.24, 2.45) is 0 Å². The maximum Gasteiger partial charge on any atom is 0.165 e. The summed E-state index contributed by atoms with van der Waals surface area (Å²) in [5, 5.41) is 0. The molecule has 2 radical (unpaired) electrons. The molecular weight excluding hydrogens is 115 g/mol. The molecule has 0 aromatic heterocycles. The number of unbranched alkanes of at least 4 members (excludes halogenated alkanes) is 2. The van der Waals surface area contributed by atoms with Crippen LogP contribution in [-0.4, -0.2) is 28.4 Å². The molecule has 0 aliphatic heterocycles. The average molecular weight is 128 g/mol. The molecule has 0 unspecified atom stereocenters. The van der Waals surface area contributed by atoms with Crippen LogP contribution < -0.4 is 0 Å². The van der Waals surface area contributed by atoms with Crippen LogP contribution in [-0.2, 0) is 4.74 Å². The van der Waals surface area contributed by atoms with Crippen LogP contribution in [0.3, 0.4) is 0 Å². The Hall–Kier alpha value is 0.492. The first-order valence-corrected chi connectivity index (χ1v) is 4.01. The van der Waals surface area contributed by atoms with Crippen LogP contribution >= 0.6 is 0 Å². The minimum atomic E-state index is 0.781. The van der Waals surface area contributed by atoms with E-state index >= 15 is 0 Å². The molecule has 0 saturated heterocycles. The fourth-order valence-electron chi connectivity index (χ4n) is 0.537. The third-order valence-corrected chi connectivity index (χ3v) is 1.25. The lowest BCUT2D eigenvalue weighted by atomic mass is 10.3. The zero-order valence-corrected chi connectivity index (χ0v) is 6.68. The van der Waals surface area contributed by atoms with Gasteiger partial charge in [-0.15, -0.1) is 0 Å². The second-order valence-electron chi connectivity index (χ2n) is 1.78. The molecule has 0 aromatic rings. The van der Waals surface area contributed by atoms with E-state index in [0.717, 1.165) is 12.1 Å². The predicted molar refractivity (Wildman–Crippen MR) is 36.1 cm³/mol. The molecule has 0 rings (SSSR count). The van der Waals surface area contributed by atoms with Gasteiger partial charge < -0.3 is 4.74 Å². The zero-order valence-electron chi connectivity index (χ0n) is 5.52. The standard InChI is InChI=1S/C6H13O.Al/c1-3-4-5-6-7-2;/h2-6H2,1H3;. The van der Waals surface area contributed by atoms with Crippen molar-refractivity contribution in [3.8, 4) is 0 Å². The van der Waals surface area contributed by atoms with Gasteiger partial charge in [0, 0.05) is 6.61 Å². The van der Waals surface area contributed by atoms with Crippen LogP contribution in [0.25, 0.3) is 0 Å². The summed E-state index contributed by atoms with van der Waals surface area (Å²) in [4.78, 5) is 0. The van der Waals surface area contributed by atoms with E-state index in [1.54, 1.807) is 0 Å². The molecule has 2 heteroatoms. The SMILES string of the molecule is CCCCCO[CH2][Al]. The van der Waals surface area contributed by atoms with Gasteiger partial charge in [-0.05, 0) is 11.9 Å². The van der Waals surface area contributed by atoms with Crippen LogP contribution in [0.1, 0.15) is 26.2 Å². The molecule has 0 atom stereocenters. The van der Waals surface area contributed by atoms with Crippen LogP contribution in [0, 0.1) is 0 Å². The number of hydrogen-bond donors (Lipinski definition) is 0. The normalized spacial score (nSPS) is 9.62. The first kappa shape index (κ1) is 8.49. The van der Waals surface area contributed by atoms with E-state index in [4.69, 9.17) is 4.74 Å². The molecule has 1 nitrogen and oxygen atoms in total. The Morgan fingerprint density at radius 1 is 1.38 bits per heavy atom. The summed E-state index contributed by atoms with van der Waals surface area (Å²) in [6, 6.07) is 0. The van der Waals surface area contributed by atoms with Gasteiger partial charge in [-0.1, -0.05) is 19.8 Å². The third kappa shape index (κ3) is 6.49. The predicted octanol–water partition coefficient (Wildman–Crippen LogP) is 1.32. The Morgan fingerprint density at radius 3 is 2.62 bits per heavy atom. The van der Waals surface area contributed by atoms with E-state index < -0.39 is 0 Å². The Kier molecular flexibility index (Phi) is 7.95. The van der Waals surface area contributed by atoms with Crippen molar-refractivity contribution >= 4 is 16.3 Å². The van der Waals surface area contributed by atoms with Crippen LogP contribution in [0.2, 0.25) is 0 Å². The molecule has 8 heavy (non-hydrogen) atoms. The summed E-state index contributed by atoms with van der Waals surface area (Å²) in [6.45, 7) is 3.12. The van der Waals surface area contributed by atoms with E-state index in [0.29, 0.717) is 0 Å². The van der Waals surface area contributed by atoms with Gasteiger partial charge in [0.25, 0.3) is 0 Å². The van der Waals surface area contributed by atoms with Gasteiger partial charge in [-0.3, -0.25) is 0 Å². The minimum absolute atomic E-state index is 0.781. The summed E-state index contributed by atoms with van der Waals surface area (Å²) in [5.74, 6) is 0. The smallest absolute Gasteiger partial charge is 0.165 e. The highest BCUT2D eigenvalue weighted by Crippen LogP contribution is 1.92. The fourth-order valence-corrected chi connectivity index (χ4v) is 0.704. The molecule has 0 bridgehead atoms. The monoisotopic (exact) mass is 128 g/mol. The van der Waals surface area contributed by atoms with Crippen LogP contribution in [0.4, 0.5) is 0 Å². The first-order valence-electron chi connectivity index (χ1n) is 3.19. The van der Waals surface area contributed by atoms with Crippen molar-refractivity contribution in [3.63, 3.8) is 0 Å². The average Bonchev–Trinajstić information content (AvgIpc) is 1.81. The molecule has 0 fully saturated rings. The topological polar surface area (TPSA) is 9.23 Å². The van der Waals surface area contributed by atoms with E-state index in [1.807, 2.05) is 0 Å². The van der Waals surface area contributed by atoms with E-state index in [-0.39, 0.29) is 0 Å². The fraction of sp³-hybridized carbons (Fsp3) is 1.00. The van der Waals surface area contributed by atoms with E-state index in [1.165, 1.54) is 19.3 Å². The molecule has 0 amide bonds.